The SMILES string of the molecule is CC(=O)Nc1cn2c(Br)c(Br)nc2nn1. The predicted molar refractivity (Wildman–Crippen MR) is 60.5 cm³/mol. The fourth-order valence-electron chi connectivity index (χ4n) is 1.04. The van der Waals surface area contributed by atoms with Gasteiger partial charge < -0.3 is 5.32 Å². The van der Waals surface area contributed by atoms with Crippen LogP contribution in [0.2, 0.25) is 0 Å². The van der Waals surface area contributed by atoms with Crippen LogP contribution in [0.4, 0.5) is 5.82 Å². The van der Waals surface area contributed by atoms with Crippen molar-refractivity contribution in [2.45, 2.75) is 6.92 Å². The molecule has 2 rings (SSSR count). The molecule has 0 aliphatic heterocycles. The number of nitrogens with one attached hydrogen (secondary N) is 1. The zero-order chi connectivity index (χ0) is 11.0. The van der Waals surface area contributed by atoms with E-state index in [0.717, 1.165) is 4.60 Å². The highest BCUT2D eigenvalue weighted by molar-refractivity contribution is 9.13. The summed E-state index contributed by atoms with van der Waals surface area (Å²) < 4.78 is 3.03. The smallest absolute Gasteiger partial charge is 0.255 e. The molecule has 0 fully saturated rings. The molecule has 15 heavy (non-hydrogen) atoms. The van der Waals surface area contributed by atoms with Crippen LogP contribution in [0.15, 0.2) is 15.4 Å². The van der Waals surface area contributed by atoms with Gasteiger partial charge in [0.05, 0.1) is 6.20 Å². The van der Waals surface area contributed by atoms with E-state index in [2.05, 4.69) is 52.4 Å². The number of carbonyl (C=O) groups excluding carboxylic acids is 1. The minimum absolute atomic E-state index is 0.195. The Morgan fingerprint density at radius 1 is 1.47 bits per heavy atom. The lowest BCUT2D eigenvalue weighted by atomic mass is 10.6. The first-order valence-corrected chi connectivity index (χ1v) is 5.51. The number of aromatic nitrogens is 4. The van der Waals surface area contributed by atoms with E-state index < -0.39 is 0 Å². The molecule has 1 N–H and O–H groups in total. The Morgan fingerprint density at radius 3 is 2.87 bits per heavy atom. The van der Waals surface area contributed by atoms with E-state index in [9.17, 15) is 4.79 Å². The molecular formula is C7H5Br2N5O. The van der Waals surface area contributed by atoms with Crippen molar-refractivity contribution in [2.24, 2.45) is 0 Å². The fourth-order valence-corrected chi connectivity index (χ4v) is 1.74. The average Bonchev–Trinajstić information content (AvgIpc) is 2.43. The van der Waals surface area contributed by atoms with Crippen LogP contribution < -0.4 is 5.32 Å². The standard InChI is InChI=1S/C7H5Br2N5O/c1-3(15)10-4-2-14-6(9)5(8)11-7(14)13-12-4/h2H,1H3,(H,10,15). The number of carbonyl (C=O) groups is 1. The summed E-state index contributed by atoms with van der Waals surface area (Å²) >= 11 is 6.57. The molecule has 6 nitrogen and oxygen atoms in total. The van der Waals surface area contributed by atoms with E-state index in [4.69, 9.17) is 0 Å². The second kappa shape index (κ2) is 3.86. The van der Waals surface area contributed by atoms with E-state index in [-0.39, 0.29) is 5.91 Å². The number of hydrogen-bond acceptors (Lipinski definition) is 4. The highest BCUT2D eigenvalue weighted by atomic mass is 79.9. The van der Waals surface area contributed by atoms with E-state index in [0.29, 0.717) is 16.2 Å². The number of rotatable bonds is 1. The van der Waals surface area contributed by atoms with Gasteiger partial charge in [-0.3, -0.25) is 9.20 Å². The first kappa shape index (κ1) is 10.5. The van der Waals surface area contributed by atoms with Gasteiger partial charge in [-0.05, 0) is 31.9 Å². The number of anilines is 1. The van der Waals surface area contributed by atoms with Gasteiger partial charge in [0, 0.05) is 6.92 Å². The van der Waals surface area contributed by atoms with E-state index in [1.807, 2.05) is 0 Å². The molecule has 0 aliphatic carbocycles. The Balaban J connectivity index is 2.54. The largest absolute Gasteiger partial charge is 0.308 e. The van der Waals surface area contributed by atoms with Crippen LogP contribution in [-0.4, -0.2) is 25.5 Å². The first-order valence-electron chi connectivity index (χ1n) is 3.92. The molecule has 0 bridgehead atoms. The molecule has 2 aromatic heterocycles. The third kappa shape index (κ3) is 2.00. The molecule has 0 saturated carbocycles. The molecule has 0 aliphatic rings. The van der Waals surface area contributed by atoms with Gasteiger partial charge >= 0.3 is 0 Å². The van der Waals surface area contributed by atoms with Crippen LogP contribution in [0.5, 0.6) is 0 Å². The number of halogens is 2. The second-order valence-corrected chi connectivity index (χ2v) is 4.26. The molecule has 2 heterocycles. The van der Waals surface area contributed by atoms with Gasteiger partial charge in [-0.1, -0.05) is 0 Å². The number of amides is 1. The Kier molecular flexibility index (Phi) is 2.70. The summed E-state index contributed by atoms with van der Waals surface area (Å²) in [5.41, 5.74) is 0. The molecule has 0 saturated heterocycles. The molecular weight excluding hydrogens is 330 g/mol. The molecule has 8 heteroatoms. The quantitative estimate of drug-likeness (QED) is 0.860. The van der Waals surface area contributed by atoms with Crippen molar-refractivity contribution < 1.29 is 4.79 Å². The van der Waals surface area contributed by atoms with Gasteiger partial charge in [0.2, 0.25) is 5.91 Å². The fraction of sp³-hybridized carbons (Fsp3) is 0.143. The molecule has 0 radical (unpaired) electrons. The van der Waals surface area contributed by atoms with Crippen molar-refractivity contribution in [2.75, 3.05) is 5.32 Å². The summed E-state index contributed by atoms with van der Waals surface area (Å²) in [7, 11) is 0. The topological polar surface area (TPSA) is 72.2 Å². The van der Waals surface area contributed by atoms with E-state index in [1.54, 1.807) is 10.6 Å². The lowest BCUT2D eigenvalue weighted by Gasteiger charge is -2.00. The average molecular weight is 335 g/mol. The van der Waals surface area contributed by atoms with Crippen LogP contribution >= 0.6 is 31.9 Å². The van der Waals surface area contributed by atoms with Crippen LogP contribution in [0, 0.1) is 0 Å². The van der Waals surface area contributed by atoms with Gasteiger partial charge in [-0.15, -0.1) is 10.2 Å². The highest BCUT2D eigenvalue weighted by Gasteiger charge is 2.09. The monoisotopic (exact) mass is 333 g/mol. The second-order valence-electron chi connectivity index (χ2n) is 2.76. The molecule has 0 unspecified atom stereocenters. The highest BCUT2D eigenvalue weighted by Crippen LogP contribution is 2.23. The summed E-state index contributed by atoms with van der Waals surface area (Å²) in [4.78, 5) is 14.9. The van der Waals surface area contributed by atoms with Crippen molar-refractivity contribution in [1.82, 2.24) is 19.6 Å². The maximum Gasteiger partial charge on any atom is 0.255 e. The molecule has 78 valence electrons. The summed E-state index contributed by atoms with van der Waals surface area (Å²) in [6.45, 7) is 1.41. The molecule has 0 aromatic carbocycles. The number of hydrogen-bond donors (Lipinski definition) is 1. The van der Waals surface area contributed by atoms with Crippen molar-refractivity contribution >= 4 is 49.4 Å². The summed E-state index contributed by atoms with van der Waals surface area (Å²) in [5, 5.41) is 10.2. The predicted octanol–water partition coefficient (Wildman–Crippen LogP) is 1.61. The summed E-state index contributed by atoms with van der Waals surface area (Å²) in [5.74, 6) is 0.627. The maximum atomic E-state index is 10.8. The van der Waals surface area contributed by atoms with Gasteiger partial charge in [0.1, 0.15) is 9.21 Å². The van der Waals surface area contributed by atoms with Crippen LogP contribution in [0.1, 0.15) is 6.92 Å². The third-order valence-corrected chi connectivity index (χ3v) is 3.44. The van der Waals surface area contributed by atoms with Crippen molar-refractivity contribution in [3.8, 4) is 0 Å². The van der Waals surface area contributed by atoms with E-state index in [1.165, 1.54) is 6.92 Å². The minimum atomic E-state index is -0.195. The van der Waals surface area contributed by atoms with Crippen LogP contribution in [0.3, 0.4) is 0 Å². The van der Waals surface area contributed by atoms with Crippen molar-refractivity contribution in [3.63, 3.8) is 0 Å². The lowest BCUT2D eigenvalue weighted by molar-refractivity contribution is -0.114. The number of fused-ring (bicyclic) bond motifs is 1. The van der Waals surface area contributed by atoms with Crippen molar-refractivity contribution in [1.29, 1.82) is 0 Å². The number of imidazole rings is 1. The Bertz CT molecular complexity index is 537. The van der Waals surface area contributed by atoms with E-state index >= 15 is 0 Å². The van der Waals surface area contributed by atoms with Gasteiger partial charge in [0.25, 0.3) is 5.78 Å². The Hall–Kier alpha value is -1.02. The summed E-state index contributed by atoms with van der Waals surface area (Å²) in [6.07, 6.45) is 1.63. The van der Waals surface area contributed by atoms with Gasteiger partial charge in [-0.25, -0.2) is 4.98 Å². The minimum Gasteiger partial charge on any atom is -0.308 e. The summed E-state index contributed by atoms with van der Waals surface area (Å²) in [6, 6.07) is 0. The van der Waals surface area contributed by atoms with Gasteiger partial charge in [0.15, 0.2) is 5.82 Å². The lowest BCUT2D eigenvalue weighted by Crippen LogP contribution is -2.09. The van der Waals surface area contributed by atoms with Crippen molar-refractivity contribution in [3.05, 3.63) is 15.4 Å². The first-order chi connectivity index (χ1) is 7.08. The molecule has 0 spiro atoms. The number of nitrogens with zero attached hydrogens (tertiary/aromatic N) is 4. The van der Waals surface area contributed by atoms with Crippen LogP contribution in [-0.2, 0) is 4.79 Å². The molecule has 2 aromatic rings. The molecule has 1 amide bonds. The Morgan fingerprint density at radius 2 is 2.20 bits per heavy atom. The Labute approximate surface area is 101 Å². The maximum absolute atomic E-state index is 10.8. The zero-order valence-electron chi connectivity index (χ0n) is 7.53. The normalized spacial score (nSPS) is 10.6. The molecule has 0 atom stereocenters. The third-order valence-electron chi connectivity index (χ3n) is 1.60. The zero-order valence-corrected chi connectivity index (χ0v) is 10.7. The van der Waals surface area contributed by atoms with Crippen LogP contribution in [0.25, 0.3) is 5.78 Å². The van der Waals surface area contributed by atoms with Gasteiger partial charge in [-0.2, -0.15) is 0 Å².